The van der Waals surface area contributed by atoms with Crippen LogP contribution in [0.4, 0.5) is 11.5 Å². The molecule has 4 nitrogen and oxygen atoms in total. The first-order valence-corrected chi connectivity index (χ1v) is 4.90. The molecule has 1 aromatic rings. The lowest BCUT2D eigenvalue weighted by Crippen LogP contribution is -2.38. The summed E-state index contributed by atoms with van der Waals surface area (Å²) in [5, 5.41) is 9.50. The van der Waals surface area contributed by atoms with Gasteiger partial charge < -0.3 is 15.7 Å². The number of β-amino-alcohol motifs (C(OH)–C–C–N with tert-alkyl or cyclic N) is 1. The average molecular weight is 193 g/mol. The molecule has 0 amide bonds. The Balaban J connectivity index is 2.10. The van der Waals surface area contributed by atoms with Crippen LogP contribution >= 0.6 is 0 Å². The van der Waals surface area contributed by atoms with E-state index in [1.165, 1.54) is 0 Å². The van der Waals surface area contributed by atoms with Gasteiger partial charge in [-0.1, -0.05) is 0 Å². The predicted molar refractivity (Wildman–Crippen MR) is 56.1 cm³/mol. The molecular weight excluding hydrogens is 178 g/mol. The fourth-order valence-electron chi connectivity index (χ4n) is 1.75. The van der Waals surface area contributed by atoms with Gasteiger partial charge in [-0.3, -0.25) is 0 Å². The Morgan fingerprint density at radius 1 is 1.50 bits per heavy atom. The quantitative estimate of drug-likeness (QED) is 0.686. The fraction of sp³-hybridized carbons (Fsp3) is 0.500. The molecule has 1 saturated heterocycles. The van der Waals surface area contributed by atoms with E-state index in [1.807, 2.05) is 12.1 Å². The largest absolute Gasteiger partial charge is 0.397 e. The van der Waals surface area contributed by atoms with E-state index in [-0.39, 0.29) is 6.10 Å². The molecule has 1 aromatic heterocycles. The van der Waals surface area contributed by atoms with Crippen LogP contribution in [0, 0.1) is 0 Å². The summed E-state index contributed by atoms with van der Waals surface area (Å²) in [6.07, 6.45) is 3.35. The van der Waals surface area contributed by atoms with Crippen molar-refractivity contribution in [2.24, 2.45) is 0 Å². The number of anilines is 2. The number of nitrogens with zero attached hydrogens (tertiary/aromatic N) is 2. The molecule has 2 rings (SSSR count). The maximum atomic E-state index is 9.50. The highest BCUT2D eigenvalue weighted by molar-refractivity contribution is 5.46. The Labute approximate surface area is 83.4 Å². The topological polar surface area (TPSA) is 62.4 Å². The number of aliphatic hydroxyl groups is 1. The molecule has 2 heterocycles. The highest BCUT2D eigenvalue weighted by Gasteiger charge is 2.18. The summed E-state index contributed by atoms with van der Waals surface area (Å²) in [6, 6.07) is 3.73. The van der Waals surface area contributed by atoms with Gasteiger partial charge in [-0.2, -0.15) is 0 Å². The van der Waals surface area contributed by atoms with Gasteiger partial charge in [0.15, 0.2) is 0 Å². The van der Waals surface area contributed by atoms with E-state index < -0.39 is 0 Å². The Hall–Kier alpha value is -1.29. The lowest BCUT2D eigenvalue weighted by molar-refractivity contribution is 0.154. The van der Waals surface area contributed by atoms with Crippen molar-refractivity contribution in [3.63, 3.8) is 0 Å². The number of hydrogen-bond donors (Lipinski definition) is 2. The van der Waals surface area contributed by atoms with Gasteiger partial charge in [0.25, 0.3) is 0 Å². The van der Waals surface area contributed by atoms with E-state index in [1.54, 1.807) is 6.20 Å². The molecule has 4 heteroatoms. The van der Waals surface area contributed by atoms with E-state index >= 15 is 0 Å². The summed E-state index contributed by atoms with van der Waals surface area (Å²) in [7, 11) is 0. The number of pyridine rings is 1. The molecule has 1 atom stereocenters. The van der Waals surface area contributed by atoms with Crippen molar-refractivity contribution in [2.45, 2.75) is 18.9 Å². The number of nitrogens with two attached hydrogens (primary N) is 1. The zero-order valence-electron chi connectivity index (χ0n) is 8.06. The van der Waals surface area contributed by atoms with E-state index in [9.17, 15) is 5.11 Å². The monoisotopic (exact) mass is 193 g/mol. The summed E-state index contributed by atoms with van der Waals surface area (Å²) in [5.74, 6) is 0.901. The minimum absolute atomic E-state index is 0.219. The number of aliphatic hydroxyl groups excluding tert-OH is 1. The second kappa shape index (κ2) is 3.84. The Morgan fingerprint density at radius 3 is 3.00 bits per heavy atom. The van der Waals surface area contributed by atoms with Crippen LogP contribution in [0.15, 0.2) is 18.3 Å². The van der Waals surface area contributed by atoms with Gasteiger partial charge in [-0.25, -0.2) is 4.98 Å². The molecule has 3 N–H and O–H groups in total. The van der Waals surface area contributed by atoms with Crippen molar-refractivity contribution in [3.05, 3.63) is 18.3 Å². The van der Waals surface area contributed by atoms with Crippen LogP contribution < -0.4 is 10.6 Å². The second-order valence-electron chi connectivity index (χ2n) is 3.69. The number of hydrogen-bond acceptors (Lipinski definition) is 4. The van der Waals surface area contributed by atoms with Crippen LogP contribution in [-0.2, 0) is 0 Å². The zero-order chi connectivity index (χ0) is 9.97. The van der Waals surface area contributed by atoms with Crippen molar-refractivity contribution in [3.8, 4) is 0 Å². The van der Waals surface area contributed by atoms with Crippen LogP contribution in [0.25, 0.3) is 0 Å². The summed E-state index contributed by atoms with van der Waals surface area (Å²) >= 11 is 0. The number of aromatic nitrogens is 1. The normalized spacial score (nSPS) is 22.4. The molecule has 0 aliphatic carbocycles. The predicted octanol–water partition coefficient (Wildman–Crippen LogP) is 0.625. The molecule has 1 aliphatic rings. The first-order valence-electron chi connectivity index (χ1n) is 4.90. The molecule has 0 radical (unpaired) electrons. The van der Waals surface area contributed by atoms with Gasteiger partial charge in [-0.05, 0) is 25.0 Å². The smallest absolute Gasteiger partial charge is 0.128 e. The van der Waals surface area contributed by atoms with Crippen molar-refractivity contribution in [1.29, 1.82) is 0 Å². The van der Waals surface area contributed by atoms with Gasteiger partial charge in [0.1, 0.15) is 5.82 Å². The van der Waals surface area contributed by atoms with Gasteiger partial charge in [0.2, 0.25) is 0 Å². The molecule has 76 valence electrons. The molecule has 14 heavy (non-hydrogen) atoms. The molecule has 1 fully saturated rings. The summed E-state index contributed by atoms with van der Waals surface area (Å²) in [5.41, 5.74) is 6.23. The van der Waals surface area contributed by atoms with Crippen LogP contribution in [0.2, 0.25) is 0 Å². The summed E-state index contributed by atoms with van der Waals surface area (Å²) in [6.45, 7) is 1.64. The van der Waals surface area contributed by atoms with Gasteiger partial charge >= 0.3 is 0 Å². The highest BCUT2D eigenvalue weighted by Crippen LogP contribution is 2.18. The Morgan fingerprint density at radius 2 is 2.36 bits per heavy atom. The van der Waals surface area contributed by atoms with E-state index in [4.69, 9.17) is 5.73 Å². The highest BCUT2D eigenvalue weighted by atomic mass is 16.3. The third kappa shape index (κ3) is 1.96. The first kappa shape index (κ1) is 9.27. The van der Waals surface area contributed by atoms with Gasteiger partial charge in [0.05, 0.1) is 18.0 Å². The minimum Gasteiger partial charge on any atom is -0.397 e. The van der Waals surface area contributed by atoms with Crippen molar-refractivity contribution >= 4 is 11.5 Å². The number of piperidine rings is 1. The van der Waals surface area contributed by atoms with Crippen molar-refractivity contribution in [1.82, 2.24) is 4.98 Å². The van der Waals surface area contributed by atoms with Crippen LogP contribution in [0.1, 0.15) is 12.8 Å². The standard InChI is InChI=1S/C10H15N3O/c11-8-3-4-10(12-6-8)13-5-1-2-9(14)7-13/h3-4,6,9,14H,1-2,5,7,11H2. The van der Waals surface area contributed by atoms with Gasteiger partial charge in [-0.15, -0.1) is 0 Å². The van der Waals surface area contributed by atoms with Gasteiger partial charge in [0, 0.05) is 13.1 Å². The molecule has 1 unspecified atom stereocenters. The van der Waals surface area contributed by atoms with Crippen molar-refractivity contribution in [2.75, 3.05) is 23.7 Å². The molecule has 0 saturated carbocycles. The molecule has 0 spiro atoms. The van der Waals surface area contributed by atoms with Crippen molar-refractivity contribution < 1.29 is 5.11 Å². The molecule has 0 aromatic carbocycles. The third-order valence-electron chi connectivity index (χ3n) is 2.49. The Bertz CT molecular complexity index is 299. The van der Waals surface area contributed by atoms with E-state index in [0.717, 1.165) is 25.2 Å². The maximum absolute atomic E-state index is 9.50. The fourth-order valence-corrected chi connectivity index (χ4v) is 1.75. The SMILES string of the molecule is Nc1ccc(N2CCCC(O)C2)nc1. The average Bonchev–Trinajstić information content (AvgIpc) is 2.19. The number of nitrogen functional groups attached to an aromatic ring is 1. The molecular formula is C10H15N3O. The van der Waals surface area contributed by atoms with Crippen LogP contribution in [-0.4, -0.2) is 29.3 Å². The third-order valence-corrected chi connectivity index (χ3v) is 2.49. The lowest BCUT2D eigenvalue weighted by Gasteiger charge is -2.30. The second-order valence-corrected chi connectivity index (χ2v) is 3.69. The molecule has 0 bridgehead atoms. The summed E-state index contributed by atoms with van der Waals surface area (Å²) in [4.78, 5) is 6.32. The number of rotatable bonds is 1. The molecule has 1 aliphatic heterocycles. The summed E-state index contributed by atoms with van der Waals surface area (Å²) < 4.78 is 0. The Kier molecular flexibility index (Phi) is 2.54. The van der Waals surface area contributed by atoms with Crippen LogP contribution in [0.5, 0.6) is 0 Å². The minimum atomic E-state index is -0.219. The maximum Gasteiger partial charge on any atom is 0.128 e. The van der Waals surface area contributed by atoms with E-state index in [0.29, 0.717) is 12.2 Å². The lowest BCUT2D eigenvalue weighted by atomic mass is 10.1. The zero-order valence-corrected chi connectivity index (χ0v) is 8.06. The van der Waals surface area contributed by atoms with Crippen LogP contribution in [0.3, 0.4) is 0 Å². The van der Waals surface area contributed by atoms with E-state index in [2.05, 4.69) is 9.88 Å². The first-order chi connectivity index (χ1) is 6.75.